The van der Waals surface area contributed by atoms with Gasteiger partial charge < -0.3 is 20.1 Å². The SMILES string of the molecule is C=C/C=C(\C=C/C)CCCC1CCCC(=C)NC(Cc2ccc(OC)cc2)C(=O)NCC(C)C(=C)CC(CC(C)C)C(=O)O1. The Morgan fingerprint density at radius 1 is 1.18 bits per heavy atom. The van der Waals surface area contributed by atoms with Crippen molar-refractivity contribution in [2.45, 2.75) is 97.6 Å². The summed E-state index contributed by atoms with van der Waals surface area (Å²) >= 11 is 0. The van der Waals surface area contributed by atoms with Crippen molar-refractivity contribution >= 4 is 11.9 Å². The third kappa shape index (κ3) is 13.4. The molecule has 1 aromatic rings. The standard InChI is InChI=1S/C38H56N2O4/c1-9-13-31(14-10-2)16-12-18-35-17-11-15-30(7)40-36(25-32-19-21-34(43-8)22-20-32)37(41)39-26-29(6)28(5)24-33(23-27(3)4)38(42)44-35/h9-10,13-14,19-22,27,29,33,35-36,40H,1,5,7,11-12,15-18,23-26H2,2-4,6,8H3,(H,39,41)/b14-10-,31-13+. The lowest BCUT2D eigenvalue weighted by atomic mass is 9.87. The third-order valence-electron chi connectivity index (χ3n) is 8.16. The average molecular weight is 605 g/mol. The molecule has 242 valence electrons. The van der Waals surface area contributed by atoms with Gasteiger partial charge in [-0.1, -0.05) is 82.5 Å². The Labute approximate surface area is 266 Å². The number of rotatable bonds is 11. The molecule has 1 aromatic carbocycles. The van der Waals surface area contributed by atoms with Gasteiger partial charge in [-0.2, -0.15) is 0 Å². The molecular weight excluding hydrogens is 548 g/mol. The van der Waals surface area contributed by atoms with Gasteiger partial charge in [0.05, 0.1) is 13.0 Å². The minimum absolute atomic E-state index is 0.0108. The van der Waals surface area contributed by atoms with Gasteiger partial charge in [0, 0.05) is 18.7 Å². The van der Waals surface area contributed by atoms with E-state index >= 15 is 0 Å². The lowest BCUT2D eigenvalue weighted by Crippen LogP contribution is -2.46. The number of carbonyl (C=O) groups is 2. The van der Waals surface area contributed by atoms with E-state index in [4.69, 9.17) is 9.47 Å². The second-order valence-corrected chi connectivity index (χ2v) is 12.5. The van der Waals surface area contributed by atoms with Gasteiger partial charge in [-0.05, 0) is 93.4 Å². The molecule has 44 heavy (non-hydrogen) atoms. The molecule has 1 amide bonds. The topological polar surface area (TPSA) is 76.7 Å². The van der Waals surface area contributed by atoms with Crippen LogP contribution in [0.3, 0.4) is 0 Å². The maximum absolute atomic E-state index is 13.6. The van der Waals surface area contributed by atoms with Gasteiger partial charge >= 0.3 is 5.97 Å². The Kier molecular flexibility index (Phi) is 16.4. The molecule has 0 aromatic heterocycles. The maximum atomic E-state index is 13.6. The van der Waals surface area contributed by atoms with E-state index in [0.29, 0.717) is 31.7 Å². The zero-order valence-electron chi connectivity index (χ0n) is 27.8. The fourth-order valence-electron chi connectivity index (χ4n) is 5.58. The highest BCUT2D eigenvalue weighted by molar-refractivity contribution is 5.82. The molecule has 2 rings (SSSR count). The summed E-state index contributed by atoms with van der Waals surface area (Å²) in [6, 6.07) is 7.33. The number of hydrogen-bond acceptors (Lipinski definition) is 5. The van der Waals surface area contributed by atoms with Gasteiger partial charge in [-0.15, -0.1) is 0 Å². The minimum atomic E-state index is -0.465. The van der Waals surface area contributed by atoms with Gasteiger partial charge in [0.2, 0.25) is 5.91 Å². The number of carbonyl (C=O) groups excluding carboxylic acids is 2. The summed E-state index contributed by atoms with van der Waals surface area (Å²) in [4.78, 5) is 27.0. The summed E-state index contributed by atoms with van der Waals surface area (Å²) in [6.45, 7) is 21.2. The van der Waals surface area contributed by atoms with Gasteiger partial charge in [-0.3, -0.25) is 9.59 Å². The van der Waals surface area contributed by atoms with Crippen LogP contribution in [-0.2, 0) is 20.7 Å². The van der Waals surface area contributed by atoms with Crippen molar-refractivity contribution in [3.8, 4) is 5.75 Å². The molecule has 4 atom stereocenters. The van der Waals surface area contributed by atoms with Crippen LogP contribution in [0.15, 0.2) is 85.1 Å². The second-order valence-electron chi connectivity index (χ2n) is 12.5. The van der Waals surface area contributed by atoms with Gasteiger partial charge in [0.25, 0.3) is 0 Å². The highest BCUT2D eigenvalue weighted by Crippen LogP contribution is 2.27. The maximum Gasteiger partial charge on any atom is 0.309 e. The molecule has 1 fully saturated rings. The molecule has 1 aliphatic rings. The largest absolute Gasteiger partial charge is 0.497 e. The minimum Gasteiger partial charge on any atom is -0.497 e. The average Bonchev–Trinajstić information content (AvgIpc) is 2.98. The summed E-state index contributed by atoms with van der Waals surface area (Å²) in [5.41, 5.74) is 4.00. The van der Waals surface area contributed by atoms with E-state index in [1.54, 1.807) is 7.11 Å². The smallest absolute Gasteiger partial charge is 0.309 e. The summed E-state index contributed by atoms with van der Waals surface area (Å²) in [5.74, 6) is 0.669. The van der Waals surface area contributed by atoms with Crippen molar-refractivity contribution in [1.82, 2.24) is 10.6 Å². The number of ether oxygens (including phenoxy) is 2. The van der Waals surface area contributed by atoms with Crippen LogP contribution in [0.4, 0.5) is 0 Å². The van der Waals surface area contributed by atoms with Crippen molar-refractivity contribution in [3.63, 3.8) is 0 Å². The van der Waals surface area contributed by atoms with E-state index in [0.717, 1.165) is 61.1 Å². The summed E-state index contributed by atoms with van der Waals surface area (Å²) in [7, 11) is 1.64. The molecule has 0 aliphatic carbocycles. The van der Waals surface area contributed by atoms with Crippen molar-refractivity contribution in [3.05, 3.63) is 90.7 Å². The molecule has 1 aliphatic heterocycles. The zero-order valence-corrected chi connectivity index (χ0v) is 27.8. The second kappa shape index (κ2) is 19.7. The predicted molar refractivity (Wildman–Crippen MR) is 182 cm³/mol. The van der Waals surface area contributed by atoms with Crippen molar-refractivity contribution in [2.24, 2.45) is 17.8 Å². The number of methoxy groups -OCH3 is 1. The van der Waals surface area contributed by atoms with E-state index in [1.165, 1.54) is 5.57 Å². The fourth-order valence-corrected chi connectivity index (χ4v) is 5.58. The Morgan fingerprint density at radius 2 is 1.91 bits per heavy atom. The van der Waals surface area contributed by atoms with E-state index in [9.17, 15) is 9.59 Å². The molecular formula is C38H56N2O4. The van der Waals surface area contributed by atoms with Crippen LogP contribution < -0.4 is 15.4 Å². The first kappa shape index (κ1) is 36.7. The van der Waals surface area contributed by atoms with Crippen LogP contribution in [0.1, 0.15) is 84.6 Å². The Morgan fingerprint density at radius 3 is 2.55 bits per heavy atom. The van der Waals surface area contributed by atoms with Gasteiger partial charge in [0.1, 0.15) is 17.9 Å². The zero-order chi connectivity index (χ0) is 32.5. The first-order valence-corrected chi connectivity index (χ1v) is 16.2. The van der Waals surface area contributed by atoms with Gasteiger partial charge in [-0.25, -0.2) is 0 Å². The molecule has 4 unspecified atom stereocenters. The van der Waals surface area contributed by atoms with Crippen molar-refractivity contribution < 1.29 is 19.1 Å². The summed E-state index contributed by atoms with van der Waals surface area (Å²) < 4.78 is 11.6. The predicted octanol–water partition coefficient (Wildman–Crippen LogP) is 8.03. The molecule has 1 saturated heterocycles. The normalized spacial score (nSPS) is 23.3. The monoisotopic (exact) mass is 604 g/mol. The summed E-state index contributed by atoms with van der Waals surface area (Å²) in [6.07, 6.45) is 14.4. The number of esters is 1. The van der Waals surface area contributed by atoms with E-state index < -0.39 is 6.04 Å². The molecule has 6 heteroatoms. The molecule has 0 bridgehead atoms. The number of hydrogen-bond donors (Lipinski definition) is 2. The Bertz CT molecular complexity index is 1150. The Balaban J connectivity index is 2.26. The van der Waals surface area contributed by atoms with Crippen LogP contribution >= 0.6 is 0 Å². The molecule has 2 N–H and O–H groups in total. The van der Waals surface area contributed by atoms with Crippen LogP contribution in [0, 0.1) is 17.8 Å². The number of nitrogens with one attached hydrogen (secondary N) is 2. The van der Waals surface area contributed by atoms with E-state index in [-0.39, 0.29) is 29.8 Å². The van der Waals surface area contributed by atoms with Crippen molar-refractivity contribution in [1.29, 1.82) is 0 Å². The first-order chi connectivity index (χ1) is 21.1. The molecule has 0 saturated carbocycles. The number of allylic oxidation sites excluding steroid dienone is 6. The highest BCUT2D eigenvalue weighted by Gasteiger charge is 2.28. The fraction of sp³-hybridized carbons (Fsp3) is 0.526. The molecule has 1 heterocycles. The third-order valence-corrected chi connectivity index (χ3v) is 8.16. The number of amides is 1. The lowest BCUT2D eigenvalue weighted by Gasteiger charge is -2.27. The summed E-state index contributed by atoms with van der Waals surface area (Å²) in [5, 5.41) is 6.52. The first-order valence-electron chi connectivity index (χ1n) is 16.2. The van der Waals surface area contributed by atoms with E-state index in [2.05, 4.69) is 57.2 Å². The lowest BCUT2D eigenvalue weighted by molar-refractivity contribution is -0.155. The quantitative estimate of drug-likeness (QED) is 0.152. The molecule has 0 spiro atoms. The van der Waals surface area contributed by atoms with E-state index in [1.807, 2.05) is 49.4 Å². The number of benzene rings is 1. The molecule has 6 nitrogen and oxygen atoms in total. The van der Waals surface area contributed by atoms with Crippen LogP contribution in [0.5, 0.6) is 5.75 Å². The molecule has 0 radical (unpaired) electrons. The number of cyclic esters (lactones) is 1. The highest BCUT2D eigenvalue weighted by atomic mass is 16.5. The van der Waals surface area contributed by atoms with Crippen LogP contribution in [0.2, 0.25) is 0 Å². The van der Waals surface area contributed by atoms with Crippen LogP contribution in [-0.4, -0.2) is 37.7 Å². The Hall–Kier alpha value is -3.54. The van der Waals surface area contributed by atoms with Crippen LogP contribution in [0.25, 0.3) is 0 Å². The van der Waals surface area contributed by atoms with Gasteiger partial charge in [0.15, 0.2) is 0 Å². The van der Waals surface area contributed by atoms with Crippen molar-refractivity contribution in [2.75, 3.05) is 13.7 Å².